The largest absolute Gasteiger partial charge is 0.353 e. The molecule has 2 aliphatic rings. The SMILES string of the molecule is CC(C(=O)N1CCCC1c1cccs1)N1CCN(c2ncnc3sccc23)CC1. The van der Waals surface area contributed by atoms with Crippen molar-refractivity contribution >= 4 is 44.6 Å². The molecule has 2 atom stereocenters. The highest BCUT2D eigenvalue weighted by atomic mass is 32.1. The molecular weight excluding hydrogens is 402 g/mol. The molecule has 0 aromatic carbocycles. The first-order valence-electron chi connectivity index (χ1n) is 10.2. The number of hydrogen-bond acceptors (Lipinski definition) is 7. The average molecular weight is 428 g/mol. The summed E-state index contributed by atoms with van der Waals surface area (Å²) in [5, 5.41) is 5.31. The summed E-state index contributed by atoms with van der Waals surface area (Å²) in [6, 6.07) is 6.54. The van der Waals surface area contributed by atoms with Crippen LogP contribution < -0.4 is 4.90 Å². The molecular formula is C21H25N5OS2. The number of carbonyl (C=O) groups is 1. The zero-order chi connectivity index (χ0) is 19.8. The topological polar surface area (TPSA) is 52.6 Å². The smallest absolute Gasteiger partial charge is 0.240 e. The number of nitrogens with zero attached hydrogens (tertiary/aromatic N) is 5. The van der Waals surface area contributed by atoms with Crippen LogP contribution in [-0.2, 0) is 4.79 Å². The average Bonchev–Trinajstić information content (AvgIpc) is 3.53. The predicted octanol–water partition coefficient (Wildman–Crippen LogP) is 3.63. The predicted molar refractivity (Wildman–Crippen MR) is 119 cm³/mol. The highest BCUT2D eigenvalue weighted by Crippen LogP contribution is 2.35. The Morgan fingerprint density at radius 3 is 2.76 bits per heavy atom. The first-order chi connectivity index (χ1) is 14.2. The van der Waals surface area contributed by atoms with E-state index in [1.54, 1.807) is 29.0 Å². The number of piperazine rings is 1. The summed E-state index contributed by atoms with van der Waals surface area (Å²) in [6.07, 6.45) is 3.83. The van der Waals surface area contributed by atoms with Gasteiger partial charge in [-0.05, 0) is 42.7 Å². The Hall–Kier alpha value is -2.03. The standard InChI is InChI=1S/C21H25N5OS2/c1-15(21(27)26-7-2-4-17(26)18-5-3-12-28-18)24-8-10-25(11-9-24)19-16-6-13-29-20(16)23-14-22-19/h3,5-6,12-15,17H,2,4,7-11H2,1H3. The molecule has 0 spiro atoms. The van der Waals surface area contributed by atoms with Gasteiger partial charge in [-0.25, -0.2) is 9.97 Å². The van der Waals surface area contributed by atoms with Crippen molar-refractivity contribution in [3.63, 3.8) is 0 Å². The van der Waals surface area contributed by atoms with Gasteiger partial charge in [0.25, 0.3) is 0 Å². The molecule has 2 fully saturated rings. The maximum Gasteiger partial charge on any atom is 0.240 e. The first kappa shape index (κ1) is 19.0. The molecule has 2 aliphatic heterocycles. The van der Waals surface area contributed by atoms with E-state index in [0.717, 1.165) is 61.6 Å². The van der Waals surface area contributed by atoms with Crippen LogP contribution in [0, 0.1) is 0 Å². The lowest BCUT2D eigenvalue weighted by atomic mass is 10.1. The van der Waals surface area contributed by atoms with Gasteiger partial charge >= 0.3 is 0 Å². The van der Waals surface area contributed by atoms with Gasteiger partial charge in [0.2, 0.25) is 5.91 Å². The maximum absolute atomic E-state index is 13.3. The van der Waals surface area contributed by atoms with Crippen molar-refractivity contribution in [3.05, 3.63) is 40.2 Å². The normalized spacial score (nSPS) is 21.8. The molecule has 5 rings (SSSR count). The first-order valence-corrected chi connectivity index (χ1v) is 12.0. The van der Waals surface area contributed by atoms with E-state index in [9.17, 15) is 4.79 Å². The second-order valence-corrected chi connectivity index (χ2v) is 9.61. The fraction of sp³-hybridized carbons (Fsp3) is 0.476. The molecule has 0 aliphatic carbocycles. The number of carbonyl (C=O) groups excluding carboxylic acids is 1. The number of rotatable bonds is 4. The minimum absolute atomic E-state index is 0.0794. The summed E-state index contributed by atoms with van der Waals surface area (Å²) in [5.74, 6) is 1.30. The van der Waals surface area contributed by atoms with Gasteiger partial charge in [-0.3, -0.25) is 9.69 Å². The van der Waals surface area contributed by atoms with Crippen LogP contribution in [0.25, 0.3) is 10.2 Å². The molecule has 29 heavy (non-hydrogen) atoms. The van der Waals surface area contributed by atoms with Crippen molar-refractivity contribution in [2.24, 2.45) is 0 Å². The second kappa shape index (κ2) is 8.01. The molecule has 8 heteroatoms. The quantitative estimate of drug-likeness (QED) is 0.636. The van der Waals surface area contributed by atoms with Gasteiger partial charge in [-0.2, -0.15) is 0 Å². The number of fused-ring (bicyclic) bond motifs is 1. The number of likely N-dealkylation sites (tertiary alicyclic amines) is 1. The van der Waals surface area contributed by atoms with Gasteiger partial charge in [0.1, 0.15) is 17.0 Å². The lowest BCUT2D eigenvalue weighted by molar-refractivity contribution is -0.137. The van der Waals surface area contributed by atoms with E-state index in [0.29, 0.717) is 0 Å². The van der Waals surface area contributed by atoms with E-state index in [1.807, 2.05) is 0 Å². The Balaban J connectivity index is 1.25. The van der Waals surface area contributed by atoms with Gasteiger partial charge in [0, 0.05) is 37.6 Å². The van der Waals surface area contributed by atoms with Gasteiger partial charge in [0.15, 0.2) is 0 Å². The Labute approximate surface area is 178 Å². The number of aromatic nitrogens is 2. The Kier molecular flexibility index (Phi) is 5.24. The van der Waals surface area contributed by atoms with E-state index >= 15 is 0 Å². The zero-order valence-corrected chi connectivity index (χ0v) is 18.2. The van der Waals surface area contributed by atoms with Gasteiger partial charge < -0.3 is 9.80 Å². The second-order valence-electron chi connectivity index (χ2n) is 7.74. The summed E-state index contributed by atoms with van der Waals surface area (Å²) >= 11 is 3.41. The monoisotopic (exact) mass is 427 g/mol. The third kappa shape index (κ3) is 3.53. The van der Waals surface area contributed by atoms with Crippen LogP contribution in [0.5, 0.6) is 0 Å². The van der Waals surface area contributed by atoms with Gasteiger partial charge in [-0.1, -0.05) is 6.07 Å². The summed E-state index contributed by atoms with van der Waals surface area (Å²) in [6.45, 7) is 6.47. The van der Waals surface area contributed by atoms with Crippen LogP contribution in [0.2, 0.25) is 0 Å². The highest BCUT2D eigenvalue weighted by Gasteiger charge is 2.36. The van der Waals surface area contributed by atoms with Crippen LogP contribution in [-0.4, -0.2) is 64.4 Å². The molecule has 1 amide bonds. The molecule has 152 valence electrons. The van der Waals surface area contributed by atoms with Crippen LogP contribution in [0.3, 0.4) is 0 Å². The number of anilines is 1. The molecule has 3 aromatic heterocycles. The van der Waals surface area contributed by atoms with E-state index in [-0.39, 0.29) is 18.0 Å². The molecule has 0 radical (unpaired) electrons. The highest BCUT2D eigenvalue weighted by molar-refractivity contribution is 7.16. The lowest BCUT2D eigenvalue weighted by Gasteiger charge is -2.39. The summed E-state index contributed by atoms with van der Waals surface area (Å²) in [4.78, 5) is 31.3. The third-order valence-corrected chi connectivity index (χ3v) is 7.96. The van der Waals surface area contributed by atoms with Crippen LogP contribution in [0.4, 0.5) is 5.82 Å². The Bertz CT molecular complexity index is 980. The van der Waals surface area contributed by atoms with Crippen molar-refractivity contribution in [3.8, 4) is 0 Å². The van der Waals surface area contributed by atoms with Gasteiger partial charge in [-0.15, -0.1) is 22.7 Å². The molecule has 3 aromatic rings. The van der Waals surface area contributed by atoms with Crippen molar-refractivity contribution in [1.29, 1.82) is 0 Å². The van der Waals surface area contributed by atoms with Gasteiger partial charge in [0.05, 0.1) is 17.5 Å². The summed E-state index contributed by atoms with van der Waals surface area (Å²) < 4.78 is 0. The number of thiophene rings is 2. The number of hydrogen-bond donors (Lipinski definition) is 0. The molecule has 0 bridgehead atoms. The maximum atomic E-state index is 13.3. The lowest BCUT2D eigenvalue weighted by Crippen LogP contribution is -2.54. The van der Waals surface area contributed by atoms with Crippen LogP contribution in [0.1, 0.15) is 30.7 Å². The van der Waals surface area contributed by atoms with E-state index < -0.39 is 0 Å². The van der Waals surface area contributed by atoms with E-state index in [1.165, 1.54) is 4.88 Å². The fourth-order valence-corrected chi connectivity index (χ4v) is 6.15. The molecule has 2 saturated heterocycles. The van der Waals surface area contributed by atoms with Crippen LogP contribution >= 0.6 is 22.7 Å². The van der Waals surface area contributed by atoms with Crippen molar-refractivity contribution in [2.45, 2.75) is 31.8 Å². The van der Waals surface area contributed by atoms with E-state index in [2.05, 4.69) is 60.6 Å². The van der Waals surface area contributed by atoms with Crippen molar-refractivity contribution < 1.29 is 4.79 Å². The van der Waals surface area contributed by atoms with E-state index in [4.69, 9.17) is 0 Å². The summed E-state index contributed by atoms with van der Waals surface area (Å²) in [5.41, 5.74) is 0. The zero-order valence-electron chi connectivity index (χ0n) is 16.5. The Morgan fingerprint density at radius 1 is 1.10 bits per heavy atom. The molecule has 2 unspecified atom stereocenters. The number of amides is 1. The molecule has 0 N–H and O–H groups in total. The Morgan fingerprint density at radius 2 is 1.97 bits per heavy atom. The minimum Gasteiger partial charge on any atom is -0.353 e. The minimum atomic E-state index is -0.0794. The molecule has 6 nitrogen and oxygen atoms in total. The fourth-order valence-electron chi connectivity index (χ4n) is 4.55. The summed E-state index contributed by atoms with van der Waals surface area (Å²) in [7, 11) is 0. The van der Waals surface area contributed by atoms with Crippen molar-refractivity contribution in [2.75, 3.05) is 37.6 Å². The molecule has 5 heterocycles. The van der Waals surface area contributed by atoms with Crippen LogP contribution in [0.15, 0.2) is 35.3 Å². The third-order valence-electron chi connectivity index (χ3n) is 6.17. The van der Waals surface area contributed by atoms with Crippen molar-refractivity contribution in [1.82, 2.24) is 19.8 Å². The molecule has 0 saturated carbocycles.